The Morgan fingerprint density at radius 3 is 2.50 bits per heavy atom. The van der Waals surface area contributed by atoms with Crippen molar-refractivity contribution >= 4 is 21.6 Å². The minimum Gasteiger partial charge on any atom is -0.481 e. The first-order valence-electron chi connectivity index (χ1n) is 9.09. The van der Waals surface area contributed by atoms with Crippen LogP contribution in [0.25, 0.3) is 0 Å². The number of nitrogens with zero attached hydrogens (tertiary/aromatic N) is 1. The Kier molecular flexibility index (Phi) is 6.33. The zero-order valence-corrected chi connectivity index (χ0v) is 16.7. The third-order valence-corrected chi connectivity index (χ3v) is 6.51. The fourth-order valence-electron chi connectivity index (χ4n) is 2.88. The fraction of sp³-hybridized carbons (Fsp3) is 0.350. The van der Waals surface area contributed by atoms with Crippen molar-refractivity contribution in [2.45, 2.75) is 24.8 Å². The zero-order valence-electron chi connectivity index (χ0n) is 15.9. The highest BCUT2D eigenvalue weighted by atomic mass is 32.2. The van der Waals surface area contributed by atoms with Crippen LogP contribution in [0.3, 0.4) is 0 Å². The van der Waals surface area contributed by atoms with E-state index in [4.69, 9.17) is 9.47 Å². The largest absolute Gasteiger partial charge is 0.481 e. The van der Waals surface area contributed by atoms with Crippen LogP contribution in [0.5, 0.6) is 5.75 Å². The van der Waals surface area contributed by atoms with E-state index >= 15 is 0 Å². The van der Waals surface area contributed by atoms with Crippen LogP contribution in [0.1, 0.15) is 12.5 Å². The lowest BCUT2D eigenvalue weighted by molar-refractivity contribution is -0.122. The van der Waals surface area contributed by atoms with Gasteiger partial charge in [-0.1, -0.05) is 24.3 Å². The highest BCUT2D eigenvalue weighted by Gasteiger charge is 2.28. The number of carbonyl (C=O) groups is 1. The van der Waals surface area contributed by atoms with Gasteiger partial charge in [0.15, 0.2) is 6.10 Å². The molecule has 7 nitrogen and oxygen atoms in total. The third-order valence-electron chi connectivity index (χ3n) is 4.47. The molecule has 1 N–H and O–H groups in total. The van der Waals surface area contributed by atoms with Crippen LogP contribution < -0.4 is 10.1 Å². The number of carbonyl (C=O) groups excluding carboxylic acids is 1. The Morgan fingerprint density at radius 2 is 1.82 bits per heavy atom. The van der Waals surface area contributed by atoms with Crippen LogP contribution in [0.15, 0.2) is 53.4 Å². The lowest BCUT2D eigenvalue weighted by atomic mass is 10.2. The number of sulfonamides is 1. The predicted molar refractivity (Wildman–Crippen MR) is 106 cm³/mol. The van der Waals surface area contributed by atoms with Crippen LogP contribution >= 0.6 is 0 Å². The minimum atomic E-state index is -3.65. The van der Waals surface area contributed by atoms with E-state index in [-0.39, 0.29) is 10.8 Å². The molecule has 3 rings (SSSR count). The lowest BCUT2D eigenvalue weighted by Gasteiger charge is -2.27. The van der Waals surface area contributed by atoms with E-state index in [2.05, 4.69) is 5.32 Å². The van der Waals surface area contributed by atoms with Crippen LogP contribution in [-0.4, -0.2) is 51.0 Å². The van der Waals surface area contributed by atoms with Crippen molar-refractivity contribution in [3.05, 3.63) is 54.1 Å². The number of amides is 1. The van der Waals surface area contributed by atoms with Crippen molar-refractivity contribution in [3.63, 3.8) is 0 Å². The molecule has 0 aliphatic carbocycles. The Labute approximate surface area is 165 Å². The van der Waals surface area contributed by atoms with Gasteiger partial charge in [0.05, 0.1) is 18.1 Å². The number of morpholine rings is 1. The maximum atomic E-state index is 13.0. The molecule has 1 atom stereocenters. The van der Waals surface area contributed by atoms with Crippen molar-refractivity contribution < 1.29 is 22.7 Å². The molecule has 150 valence electrons. The molecule has 0 saturated carbocycles. The van der Waals surface area contributed by atoms with Gasteiger partial charge in [-0.15, -0.1) is 0 Å². The molecule has 2 aromatic rings. The van der Waals surface area contributed by atoms with E-state index in [0.29, 0.717) is 43.3 Å². The molecule has 0 spiro atoms. The molecule has 28 heavy (non-hydrogen) atoms. The summed E-state index contributed by atoms with van der Waals surface area (Å²) in [5.74, 6) is 0.229. The molecule has 1 aliphatic heterocycles. The first-order valence-corrected chi connectivity index (χ1v) is 10.5. The van der Waals surface area contributed by atoms with Crippen LogP contribution in [-0.2, 0) is 19.6 Å². The molecule has 1 heterocycles. The molecule has 0 aromatic heterocycles. The topological polar surface area (TPSA) is 84.9 Å². The van der Waals surface area contributed by atoms with Gasteiger partial charge in [0, 0.05) is 18.8 Å². The quantitative estimate of drug-likeness (QED) is 0.799. The van der Waals surface area contributed by atoms with E-state index < -0.39 is 16.1 Å². The summed E-state index contributed by atoms with van der Waals surface area (Å²) >= 11 is 0. The summed E-state index contributed by atoms with van der Waals surface area (Å²) in [6.07, 6.45) is -0.733. The third kappa shape index (κ3) is 4.70. The van der Waals surface area contributed by atoms with Gasteiger partial charge in [-0.2, -0.15) is 4.31 Å². The molecule has 0 radical (unpaired) electrons. The maximum Gasteiger partial charge on any atom is 0.265 e. The molecule has 1 fully saturated rings. The van der Waals surface area contributed by atoms with Crippen molar-refractivity contribution in [2.75, 3.05) is 31.6 Å². The Balaban J connectivity index is 1.74. The minimum absolute atomic E-state index is 0.184. The SMILES string of the molecule is Cc1ccc(NC(=O)C(C)Oc2ccccc2)cc1S(=O)(=O)N1CCOCC1. The number of anilines is 1. The molecule has 2 aromatic carbocycles. The zero-order chi connectivity index (χ0) is 20.1. The molecule has 1 saturated heterocycles. The van der Waals surface area contributed by atoms with E-state index in [9.17, 15) is 13.2 Å². The number of nitrogens with one attached hydrogen (secondary N) is 1. The van der Waals surface area contributed by atoms with Gasteiger partial charge in [-0.3, -0.25) is 4.79 Å². The van der Waals surface area contributed by atoms with E-state index in [1.807, 2.05) is 18.2 Å². The number of aryl methyl sites for hydroxylation is 1. The maximum absolute atomic E-state index is 13.0. The molecule has 8 heteroatoms. The second-order valence-corrected chi connectivity index (χ2v) is 8.47. The second-order valence-electron chi connectivity index (χ2n) is 6.56. The monoisotopic (exact) mass is 404 g/mol. The molecule has 1 unspecified atom stereocenters. The lowest BCUT2D eigenvalue weighted by Crippen LogP contribution is -2.40. The highest BCUT2D eigenvalue weighted by Crippen LogP contribution is 2.24. The number of benzene rings is 2. The van der Waals surface area contributed by atoms with Gasteiger partial charge in [-0.25, -0.2) is 8.42 Å². The molecule has 0 bridgehead atoms. The summed E-state index contributed by atoms with van der Waals surface area (Å²) in [5, 5.41) is 2.73. The van der Waals surface area contributed by atoms with Gasteiger partial charge in [-0.05, 0) is 43.7 Å². The Morgan fingerprint density at radius 1 is 1.14 bits per heavy atom. The van der Waals surface area contributed by atoms with Gasteiger partial charge in [0.1, 0.15) is 5.75 Å². The van der Waals surface area contributed by atoms with E-state index in [0.717, 1.165) is 0 Å². The molecular formula is C20H24N2O5S. The first-order chi connectivity index (χ1) is 13.4. The van der Waals surface area contributed by atoms with Crippen LogP contribution in [0.2, 0.25) is 0 Å². The number of hydrogen-bond acceptors (Lipinski definition) is 5. The fourth-order valence-corrected chi connectivity index (χ4v) is 4.54. The van der Waals surface area contributed by atoms with Crippen molar-refractivity contribution in [1.82, 2.24) is 4.31 Å². The number of hydrogen-bond donors (Lipinski definition) is 1. The summed E-state index contributed by atoms with van der Waals surface area (Å²) in [4.78, 5) is 12.6. The average Bonchev–Trinajstić information content (AvgIpc) is 2.70. The van der Waals surface area contributed by atoms with Gasteiger partial charge in [0.2, 0.25) is 10.0 Å². The van der Waals surface area contributed by atoms with Crippen molar-refractivity contribution in [1.29, 1.82) is 0 Å². The highest BCUT2D eigenvalue weighted by molar-refractivity contribution is 7.89. The van der Waals surface area contributed by atoms with Crippen LogP contribution in [0.4, 0.5) is 5.69 Å². The summed E-state index contributed by atoms with van der Waals surface area (Å²) < 4.78 is 38.2. The van der Waals surface area contributed by atoms with E-state index in [1.165, 1.54) is 10.4 Å². The summed E-state index contributed by atoms with van der Waals surface area (Å²) in [7, 11) is -3.65. The van der Waals surface area contributed by atoms with Crippen molar-refractivity contribution in [3.8, 4) is 5.75 Å². The van der Waals surface area contributed by atoms with Gasteiger partial charge >= 0.3 is 0 Å². The number of rotatable bonds is 6. The number of ether oxygens (including phenoxy) is 2. The molecule has 1 aliphatic rings. The van der Waals surface area contributed by atoms with E-state index in [1.54, 1.807) is 38.1 Å². The summed E-state index contributed by atoms with van der Waals surface area (Å²) in [6.45, 7) is 4.77. The molecular weight excluding hydrogens is 380 g/mol. The number of para-hydroxylation sites is 1. The van der Waals surface area contributed by atoms with Crippen molar-refractivity contribution in [2.24, 2.45) is 0 Å². The predicted octanol–water partition coefficient (Wildman–Crippen LogP) is 2.42. The normalized spacial score (nSPS) is 16.4. The molecule has 1 amide bonds. The van der Waals surface area contributed by atoms with Crippen LogP contribution in [0, 0.1) is 6.92 Å². The second kappa shape index (κ2) is 8.72. The summed E-state index contributed by atoms with van der Waals surface area (Å²) in [6, 6.07) is 13.9. The first kappa shape index (κ1) is 20.3. The summed E-state index contributed by atoms with van der Waals surface area (Å²) in [5.41, 5.74) is 1.03. The Bertz CT molecular complexity index is 925. The smallest absolute Gasteiger partial charge is 0.265 e. The standard InChI is InChI=1S/C20H24N2O5S/c1-15-8-9-17(14-19(15)28(24,25)22-10-12-26-13-11-22)21-20(23)16(2)27-18-6-4-3-5-7-18/h3-9,14,16H,10-13H2,1-2H3,(H,21,23). The van der Waals surface area contributed by atoms with Gasteiger partial charge < -0.3 is 14.8 Å². The Hall–Kier alpha value is -2.42. The van der Waals surface area contributed by atoms with Gasteiger partial charge in [0.25, 0.3) is 5.91 Å². The average molecular weight is 404 g/mol.